The number of ketones is 1. The van der Waals surface area contributed by atoms with E-state index >= 15 is 0 Å². The molecule has 1 fully saturated rings. The fourth-order valence-corrected chi connectivity index (χ4v) is 1.75. The molecule has 1 unspecified atom stereocenters. The van der Waals surface area contributed by atoms with Crippen molar-refractivity contribution >= 4 is 5.78 Å². The van der Waals surface area contributed by atoms with E-state index in [1.165, 1.54) is 0 Å². The van der Waals surface area contributed by atoms with Gasteiger partial charge < -0.3 is 9.84 Å². The number of ether oxygens (including phenoxy) is 1. The molecule has 1 saturated heterocycles. The van der Waals surface area contributed by atoms with Gasteiger partial charge in [-0.1, -0.05) is 20.8 Å². The Morgan fingerprint density at radius 3 is 2.64 bits per heavy atom. The van der Waals surface area contributed by atoms with Crippen molar-refractivity contribution in [3.05, 3.63) is 0 Å². The quantitative estimate of drug-likeness (QED) is 0.751. The number of Topliss-reactive ketones (excluding diaryl/α,β-unsaturated/α-hetero) is 1. The van der Waals surface area contributed by atoms with Crippen LogP contribution in [0.4, 0.5) is 0 Å². The summed E-state index contributed by atoms with van der Waals surface area (Å²) >= 11 is 0. The molecule has 0 radical (unpaired) electrons. The largest absolute Gasteiger partial charge is 0.380 e. The standard InChI is InChI=1S/C11H20O3/c1-4-10(2,3)9(12)11(13)6-5-7-14-8-11/h13H,4-8H2,1-3H3. The van der Waals surface area contributed by atoms with Crippen molar-refractivity contribution in [2.24, 2.45) is 5.41 Å². The molecule has 1 aliphatic heterocycles. The first-order valence-corrected chi connectivity index (χ1v) is 5.27. The third kappa shape index (κ3) is 2.15. The molecule has 0 amide bonds. The van der Waals surface area contributed by atoms with E-state index in [1.54, 1.807) is 0 Å². The molecular weight excluding hydrogens is 180 g/mol. The molecular formula is C11H20O3. The van der Waals surface area contributed by atoms with Crippen LogP contribution in [-0.4, -0.2) is 29.7 Å². The molecule has 0 spiro atoms. The maximum atomic E-state index is 12.0. The zero-order chi connectivity index (χ0) is 10.8. The van der Waals surface area contributed by atoms with Crippen molar-refractivity contribution in [1.82, 2.24) is 0 Å². The van der Waals surface area contributed by atoms with E-state index in [9.17, 15) is 9.90 Å². The molecule has 0 saturated carbocycles. The highest BCUT2D eigenvalue weighted by Gasteiger charge is 2.44. The Bertz CT molecular complexity index is 215. The van der Waals surface area contributed by atoms with Gasteiger partial charge >= 0.3 is 0 Å². The van der Waals surface area contributed by atoms with Crippen molar-refractivity contribution in [1.29, 1.82) is 0 Å². The molecule has 1 rings (SSSR count). The van der Waals surface area contributed by atoms with Gasteiger partial charge in [-0.25, -0.2) is 0 Å². The van der Waals surface area contributed by atoms with Crippen LogP contribution in [-0.2, 0) is 9.53 Å². The highest BCUT2D eigenvalue weighted by atomic mass is 16.5. The maximum absolute atomic E-state index is 12.0. The van der Waals surface area contributed by atoms with E-state index < -0.39 is 11.0 Å². The van der Waals surface area contributed by atoms with Crippen molar-refractivity contribution in [3.63, 3.8) is 0 Å². The van der Waals surface area contributed by atoms with Crippen LogP contribution in [0.5, 0.6) is 0 Å². The summed E-state index contributed by atoms with van der Waals surface area (Å²) in [7, 11) is 0. The summed E-state index contributed by atoms with van der Waals surface area (Å²) in [5, 5.41) is 10.1. The Labute approximate surface area is 85.5 Å². The predicted octanol–water partition coefficient (Wildman–Crippen LogP) is 1.53. The van der Waals surface area contributed by atoms with Gasteiger partial charge in [0.2, 0.25) is 0 Å². The van der Waals surface area contributed by atoms with Crippen LogP contribution in [0.25, 0.3) is 0 Å². The lowest BCUT2D eigenvalue weighted by molar-refractivity contribution is -0.160. The molecule has 1 aliphatic rings. The molecule has 1 atom stereocenters. The average molecular weight is 200 g/mol. The van der Waals surface area contributed by atoms with E-state index in [0.717, 1.165) is 12.8 Å². The summed E-state index contributed by atoms with van der Waals surface area (Å²) < 4.78 is 5.18. The fourth-order valence-electron chi connectivity index (χ4n) is 1.75. The maximum Gasteiger partial charge on any atom is 0.172 e. The third-order valence-corrected chi connectivity index (χ3v) is 3.14. The van der Waals surface area contributed by atoms with Crippen LogP contribution in [0, 0.1) is 5.41 Å². The van der Waals surface area contributed by atoms with Gasteiger partial charge in [-0.05, 0) is 19.3 Å². The first-order valence-electron chi connectivity index (χ1n) is 5.27. The Hall–Kier alpha value is -0.410. The van der Waals surface area contributed by atoms with Crippen LogP contribution in [0.1, 0.15) is 40.0 Å². The van der Waals surface area contributed by atoms with E-state index in [4.69, 9.17) is 4.74 Å². The Kier molecular flexibility index (Phi) is 3.32. The second-order valence-electron chi connectivity index (χ2n) is 4.75. The molecule has 1 N–H and O–H groups in total. The lowest BCUT2D eigenvalue weighted by Crippen LogP contribution is -2.51. The summed E-state index contributed by atoms with van der Waals surface area (Å²) in [5.74, 6) is -0.0767. The summed E-state index contributed by atoms with van der Waals surface area (Å²) in [6.07, 6.45) is 2.05. The molecule has 3 nitrogen and oxygen atoms in total. The van der Waals surface area contributed by atoms with Crippen molar-refractivity contribution in [3.8, 4) is 0 Å². The molecule has 82 valence electrons. The smallest absolute Gasteiger partial charge is 0.172 e. The normalized spacial score (nSPS) is 28.9. The lowest BCUT2D eigenvalue weighted by Gasteiger charge is -2.36. The van der Waals surface area contributed by atoms with E-state index in [-0.39, 0.29) is 12.4 Å². The van der Waals surface area contributed by atoms with Crippen LogP contribution >= 0.6 is 0 Å². The van der Waals surface area contributed by atoms with E-state index in [1.807, 2.05) is 20.8 Å². The van der Waals surface area contributed by atoms with Crippen LogP contribution in [0.3, 0.4) is 0 Å². The number of hydrogen-bond acceptors (Lipinski definition) is 3. The Balaban J connectivity index is 2.76. The Morgan fingerprint density at radius 1 is 1.57 bits per heavy atom. The van der Waals surface area contributed by atoms with Gasteiger partial charge in [-0.3, -0.25) is 4.79 Å². The van der Waals surface area contributed by atoms with Gasteiger partial charge in [-0.15, -0.1) is 0 Å². The van der Waals surface area contributed by atoms with Gasteiger partial charge in [0.1, 0.15) is 5.60 Å². The van der Waals surface area contributed by atoms with E-state index in [0.29, 0.717) is 13.0 Å². The first-order chi connectivity index (χ1) is 6.42. The second kappa shape index (κ2) is 3.99. The van der Waals surface area contributed by atoms with Crippen molar-refractivity contribution < 1.29 is 14.6 Å². The molecule has 0 aromatic rings. The molecule has 0 bridgehead atoms. The van der Waals surface area contributed by atoms with Gasteiger partial charge in [0, 0.05) is 12.0 Å². The lowest BCUT2D eigenvalue weighted by atomic mass is 9.75. The number of aliphatic hydroxyl groups is 1. The van der Waals surface area contributed by atoms with Crippen LogP contribution in [0.2, 0.25) is 0 Å². The van der Waals surface area contributed by atoms with E-state index in [2.05, 4.69) is 0 Å². The zero-order valence-corrected chi connectivity index (χ0v) is 9.30. The molecule has 0 aromatic carbocycles. The van der Waals surface area contributed by atoms with Crippen LogP contribution < -0.4 is 0 Å². The SMILES string of the molecule is CCC(C)(C)C(=O)C1(O)CCCOC1. The molecule has 14 heavy (non-hydrogen) atoms. The van der Waals surface area contributed by atoms with Gasteiger partial charge in [0.15, 0.2) is 5.78 Å². The third-order valence-electron chi connectivity index (χ3n) is 3.14. The van der Waals surface area contributed by atoms with Crippen LogP contribution in [0.15, 0.2) is 0 Å². The highest BCUT2D eigenvalue weighted by Crippen LogP contribution is 2.31. The fraction of sp³-hybridized carbons (Fsp3) is 0.909. The summed E-state index contributed by atoms with van der Waals surface area (Å²) in [6.45, 7) is 6.53. The average Bonchev–Trinajstić information content (AvgIpc) is 2.18. The minimum Gasteiger partial charge on any atom is -0.380 e. The minimum absolute atomic E-state index is 0.0767. The second-order valence-corrected chi connectivity index (χ2v) is 4.75. The zero-order valence-electron chi connectivity index (χ0n) is 9.30. The summed E-state index contributed by atoms with van der Waals surface area (Å²) in [6, 6.07) is 0. The Morgan fingerprint density at radius 2 is 2.21 bits per heavy atom. The molecule has 1 heterocycles. The number of hydrogen-bond donors (Lipinski definition) is 1. The summed E-state index contributed by atoms with van der Waals surface area (Å²) in [5.41, 5.74) is -1.69. The highest BCUT2D eigenvalue weighted by molar-refractivity contribution is 5.92. The molecule has 0 aliphatic carbocycles. The molecule has 3 heteroatoms. The minimum atomic E-state index is -1.24. The predicted molar refractivity (Wildman–Crippen MR) is 54.1 cm³/mol. The van der Waals surface area contributed by atoms with Gasteiger partial charge in [0.25, 0.3) is 0 Å². The van der Waals surface area contributed by atoms with Crippen molar-refractivity contribution in [2.45, 2.75) is 45.6 Å². The monoisotopic (exact) mass is 200 g/mol. The number of carbonyl (C=O) groups is 1. The van der Waals surface area contributed by atoms with Crippen molar-refractivity contribution in [2.75, 3.05) is 13.2 Å². The van der Waals surface area contributed by atoms with Gasteiger partial charge in [-0.2, -0.15) is 0 Å². The molecule has 0 aromatic heterocycles. The topological polar surface area (TPSA) is 46.5 Å². The number of rotatable bonds is 3. The summed E-state index contributed by atoms with van der Waals surface area (Å²) in [4.78, 5) is 12.0. The first kappa shape index (κ1) is 11.7. The number of carbonyl (C=O) groups excluding carboxylic acids is 1. The van der Waals surface area contributed by atoms with Gasteiger partial charge in [0.05, 0.1) is 6.61 Å².